The molecule has 0 aliphatic carbocycles. The molecule has 1 unspecified atom stereocenters. The molecule has 0 amide bonds. The summed E-state index contributed by atoms with van der Waals surface area (Å²) in [5.41, 5.74) is 0. The topological polar surface area (TPSA) is 38.3 Å². The number of ether oxygens (including phenoxy) is 1. The summed E-state index contributed by atoms with van der Waals surface area (Å²) in [5, 5.41) is 2.75. The lowest BCUT2D eigenvalue weighted by Crippen LogP contribution is -2.34. The second-order valence-electron chi connectivity index (χ2n) is 1.56. The van der Waals surface area contributed by atoms with Crippen molar-refractivity contribution in [2.24, 2.45) is 0 Å². The van der Waals surface area contributed by atoms with E-state index in [-0.39, 0.29) is 12.2 Å². The van der Waals surface area contributed by atoms with Crippen LogP contribution in [0.5, 0.6) is 0 Å². The van der Waals surface area contributed by atoms with Gasteiger partial charge in [-0.15, -0.1) is 0 Å². The first-order chi connectivity index (χ1) is 3.79. The molecule has 1 N–H and O–H groups in total. The maximum absolute atomic E-state index is 10.2. The Morgan fingerprint density at radius 1 is 1.88 bits per heavy atom. The van der Waals surface area contributed by atoms with Gasteiger partial charge in [0.25, 0.3) is 0 Å². The van der Waals surface area contributed by atoms with Crippen molar-refractivity contribution in [1.29, 1.82) is 0 Å². The SMILES string of the molecule is CC(=O)OC1C=CN1. The number of carbonyl (C=O) groups excluding carboxylic acids is 1. The summed E-state index contributed by atoms with van der Waals surface area (Å²) in [6.07, 6.45) is 3.32. The Labute approximate surface area is 47.3 Å². The number of carbonyl (C=O) groups is 1. The minimum atomic E-state index is -0.258. The fraction of sp³-hybridized carbons (Fsp3) is 0.400. The van der Waals surface area contributed by atoms with Gasteiger partial charge in [0.15, 0.2) is 6.23 Å². The predicted molar refractivity (Wildman–Crippen MR) is 27.8 cm³/mol. The van der Waals surface area contributed by atoms with Gasteiger partial charge in [-0.1, -0.05) is 0 Å². The van der Waals surface area contributed by atoms with E-state index in [1.54, 1.807) is 12.3 Å². The van der Waals surface area contributed by atoms with E-state index >= 15 is 0 Å². The fourth-order valence-corrected chi connectivity index (χ4v) is 0.427. The molecule has 0 aromatic heterocycles. The van der Waals surface area contributed by atoms with Crippen molar-refractivity contribution in [3.63, 3.8) is 0 Å². The summed E-state index contributed by atoms with van der Waals surface area (Å²) in [4.78, 5) is 10.2. The number of hydrogen-bond acceptors (Lipinski definition) is 3. The first-order valence-electron chi connectivity index (χ1n) is 2.39. The van der Waals surface area contributed by atoms with Crippen molar-refractivity contribution < 1.29 is 9.53 Å². The second kappa shape index (κ2) is 1.86. The van der Waals surface area contributed by atoms with Crippen LogP contribution < -0.4 is 5.32 Å². The first-order valence-corrected chi connectivity index (χ1v) is 2.39. The third-order valence-electron chi connectivity index (χ3n) is 0.824. The quantitative estimate of drug-likeness (QED) is 0.486. The molecule has 44 valence electrons. The summed E-state index contributed by atoms with van der Waals surface area (Å²) < 4.78 is 4.65. The molecule has 1 aliphatic heterocycles. The molecule has 1 aliphatic rings. The fourth-order valence-electron chi connectivity index (χ4n) is 0.427. The average Bonchev–Trinajstić information content (AvgIpc) is 1.55. The highest BCUT2D eigenvalue weighted by molar-refractivity contribution is 5.66. The van der Waals surface area contributed by atoms with Crippen LogP contribution in [0.4, 0.5) is 0 Å². The minimum Gasteiger partial charge on any atom is -0.438 e. The summed E-state index contributed by atoms with van der Waals surface area (Å²) in [6.45, 7) is 1.38. The molecule has 0 fully saturated rings. The van der Waals surface area contributed by atoms with Gasteiger partial charge >= 0.3 is 5.97 Å². The van der Waals surface area contributed by atoms with E-state index < -0.39 is 0 Å². The molecule has 0 bridgehead atoms. The third-order valence-corrected chi connectivity index (χ3v) is 0.824. The van der Waals surface area contributed by atoms with Crippen LogP contribution in [0.2, 0.25) is 0 Å². The Morgan fingerprint density at radius 2 is 2.50 bits per heavy atom. The van der Waals surface area contributed by atoms with Gasteiger partial charge in [-0.2, -0.15) is 0 Å². The van der Waals surface area contributed by atoms with E-state index in [2.05, 4.69) is 10.1 Å². The largest absolute Gasteiger partial charge is 0.438 e. The van der Waals surface area contributed by atoms with Crippen molar-refractivity contribution in [2.75, 3.05) is 0 Å². The van der Waals surface area contributed by atoms with E-state index in [4.69, 9.17) is 0 Å². The Morgan fingerprint density at radius 3 is 2.62 bits per heavy atom. The lowest BCUT2D eigenvalue weighted by molar-refractivity contribution is -0.145. The van der Waals surface area contributed by atoms with Crippen molar-refractivity contribution in [3.8, 4) is 0 Å². The van der Waals surface area contributed by atoms with E-state index in [0.29, 0.717) is 0 Å². The molecule has 0 radical (unpaired) electrons. The number of rotatable bonds is 1. The van der Waals surface area contributed by atoms with Gasteiger partial charge in [-0.3, -0.25) is 4.79 Å². The zero-order valence-corrected chi connectivity index (χ0v) is 4.55. The Kier molecular flexibility index (Phi) is 1.20. The maximum Gasteiger partial charge on any atom is 0.304 e. The zero-order valence-electron chi connectivity index (χ0n) is 4.55. The molecule has 0 spiro atoms. The summed E-state index contributed by atoms with van der Waals surface area (Å²) >= 11 is 0. The van der Waals surface area contributed by atoms with Crippen LogP contribution in [0.25, 0.3) is 0 Å². The molecule has 0 saturated carbocycles. The van der Waals surface area contributed by atoms with Gasteiger partial charge < -0.3 is 10.1 Å². The van der Waals surface area contributed by atoms with E-state index in [9.17, 15) is 4.79 Å². The highest BCUT2D eigenvalue weighted by atomic mass is 16.6. The van der Waals surface area contributed by atoms with Crippen molar-refractivity contribution in [3.05, 3.63) is 12.3 Å². The van der Waals surface area contributed by atoms with Gasteiger partial charge in [0.1, 0.15) is 0 Å². The van der Waals surface area contributed by atoms with Crippen LogP contribution in [0.15, 0.2) is 12.3 Å². The highest BCUT2D eigenvalue weighted by Gasteiger charge is 2.09. The summed E-state index contributed by atoms with van der Waals surface area (Å²) in [6, 6.07) is 0. The number of nitrogens with one attached hydrogen (secondary N) is 1. The van der Waals surface area contributed by atoms with Gasteiger partial charge in [-0.05, 0) is 6.08 Å². The van der Waals surface area contributed by atoms with Gasteiger partial charge in [0.2, 0.25) is 0 Å². The van der Waals surface area contributed by atoms with Gasteiger partial charge in [-0.25, -0.2) is 0 Å². The van der Waals surface area contributed by atoms with Crippen molar-refractivity contribution in [2.45, 2.75) is 13.2 Å². The number of esters is 1. The summed E-state index contributed by atoms with van der Waals surface area (Å²) in [5.74, 6) is -0.258. The molecular formula is C5H7NO2. The molecule has 3 heteroatoms. The monoisotopic (exact) mass is 113 g/mol. The molecule has 8 heavy (non-hydrogen) atoms. The molecule has 0 aromatic carbocycles. The van der Waals surface area contributed by atoms with Gasteiger partial charge in [0.05, 0.1) is 0 Å². The van der Waals surface area contributed by atoms with E-state index in [1.165, 1.54) is 6.92 Å². The normalized spacial score (nSPS) is 23.4. The van der Waals surface area contributed by atoms with E-state index in [0.717, 1.165) is 0 Å². The number of hydrogen-bond donors (Lipinski definition) is 1. The van der Waals surface area contributed by atoms with Crippen LogP contribution in [-0.2, 0) is 9.53 Å². The molecule has 0 aromatic rings. The van der Waals surface area contributed by atoms with Crippen LogP contribution in [0, 0.1) is 0 Å². The molecule has 1 atom stereocenters. The summed E-state index contributed by atoms with van der Waals surface area (Å²) in [7, 11) is 0. The Hall–Kier alpha value is -0.990. The second-order valence-corrected chi connectivity index (χ2v) is 1.56. The molecule has 1 rings (SSSR count). The average molecular weight is 113 g/mol. The van der Waals surface area contributed by atoms with Crippen molar-refractivity contribution >= 4 is 5.97 Å². The highest BCUT2D eigenvalue weighted by Crippen LogP contribution is 1.97. The predicted octanol–water partition coefficient (Wildman–Crippen LogP) is -0.00750. The zero-order chi connectivity index (χ0) is 5.98. The lowest BCUT2D eigenvalue weighted by atomic mass is 10.4. The first kappa shape index (κ1) is 5.15. The van der Waals surface area contributed by atoms with Crippen LogP contribution >= 0.6 is 0 Å². The van der Waals surface area contributed by atoms with Crippen molar-refractivity contribution in [1.82, 2.24) is 5.32 Å². The lowest BCUT2D eigenvalue weighted by Gasteiger charge is -2.19. The molecule has 0 saturated heterocycles. The maximum atomic E-state index is 10.2. The minimum absolute atomic E-state index is 0.174. The third kappa shape index (κ3) is 0.992. The smallest absolute Gasteiger partial charge is 0.304 e. The Bertz CT molecular complexity index is 130. The molecular weight excluding hydrogens is 106 g/mol. The van der Waals surface area contributed by atoms with E-state index in [1.807, 2.05) is 0 Å². The van der Waals surface area contributed by atoms with Crippen LogP contribution in [0.1, 0.15) is 6.92 Å². The molecule has 3 nitrogen and oxygen atoms in total. The standard InChI is InChI=1S/C5H7NO2/c1-4(7)8-5-2-3-6-5/h2-3,5-6H,1H3. The van der Waals surface area contributed by atoms with Crippen LogP contribution in [0.3, 0.4) is 0 Å². The molecule has 1 heterocycles. The van der Waals surface area contributed by atoms with Gasteiger partial charge in [0, 0.05) is 13.1 Å². The Balaban J connectivity index is 2.20. The van der Waals surface area contributed by atoms with Crippen LogP contribution in [-0.4, -0.2) is 12.2 Å².